The van der Waals surface area contributed by atoms with Crippen LogP contribution >= 0.6 is 11.6 Å². The van der Waals surface area contributed by atoms with Gasteiger partial charge in [-0.25, -0.2) is 4.79 Å². The fourth-order valence-electron chi connectivity index (χ4n) is 2.34. The molecule has 0 aliphatic carbocycles. The Labute approximate surface area is 112 Å². The van der Waals surface area contributed by atoms with Crippen molar-refractivity contribution in [2.45, 2.75) is 12.8 Å². The molecule has 0 fully saturated rings. The van der Waals surface area contributed by atoms with Crippen LogP contribution in [0.25, 0.3) is 0 Å². The summed E-state index contributed by atoms with van der Waals surface area (Å²) >= 11 is 6.22. The summed E-state index contributed by atoms with van der Waals surface area (Å²) in [6.07, 6.45) is 1.97. The van der Waals surface area contributed by atoms with Crippen LogP contribution in [-0.2, 0) is 12.8 Å². The number of nitrogens with zero attached hydrogens (tertiary/aromatic N) is 1. The van der Waals surface area contributed by atoms with Gasteiger partial charge < -0.3 is 16.0 Å². The van der Waals surface area contributed by atoms with Gasteiger partial charge in [0.05, 0.1) is 0 Å². The summed E-state index contributed by atoms with van der Waals surface area (Å²) in [6, 6.07) is 5.64. The molecule has 5 heteroatoms. The van der Waals surface area contributed by atoms with Crippen molar-refractivity contribution in [3.63, 3.8) is 0 Å². The Kier molecular flexibility index (Phi) is 4.44. The molecule has 98 valence electrons. The van der Waals surface area contributed by atoms with E-state index >= 15 is 0 Å². The maximum absolute atomic E-state index is 10.6. The van der Waals surface area contributed by atoms with Gasteiger partial charge in [-0.3, -0.25) is 0 Å². The number of amides is 2. The molecule has 0 saturated carbocycles. The van der Waals surface area contributed by atoms with Gasteiger partial charge in [0.25, 0.3) is 0 Å². The minimum Gasteiger partial charge on any atom is -0.352 e. The van der Waals surface area contributed by atoms with Gasteiger partial charge in [0.15, 0.2) is 0 Å². The number of hydrogen-bond acceptors (Lipinski definition) is 2. The maximum Gasteiger partial charge on any atom is 0.312 e. The number of nitrogens with one attached hydrogen (secondary N) is 1. The number of carbonyl (C=O) groups excluding carboxylic acids is 1. The zero-order valence-corrected chi connectivity index (χ0v) is 11.0. The minimum atomic E-state index is -0.462. The number of rotatable bonds is 3. The van der Waals surface area contributed by atoms with Gasteiger partial charge in [0.1, 0.15) is 0 Å². The Balaban J connectivity index is 1.91. The van der Waals surface area contributed by atoms with E-state index in [1.54, 1.807) is 0 Å². The van der Waals surface area contributed by atoms with Crippen molar-refractivity contribution in [1.82, 2.24) is 10.2 Å². The highest BCUT2D eigenvalue weighted by Crippen LogP contribution is 2.23. The van der Waals surface area contributed by atoms with Crippen LogP contribution in [0.5, 0.6) is 0 Å². The molecule has 0 spiro atoms. The summed E-state index contributed by atoms with van der Waals surface area (Å²) in [5.41, 5.74) is 7.65. The number of fused-ring (bicyclic) bond motifs is 1. The van der Waals surface area contributed by atoms with Crippen LogP contribution in [0.1, 0.15) is 11.1 Å². The molecule has 1 heterocycles. The number of urea groups is 1. The molecule has 0 atom stereocenters. The highest BCUT2D eigenvalue weighted by molar-refractivity contribution is 6.31. The van der Waals surface area contributed by atoms with Crippen molar-refractivity contribution in [3.05, 3.63) is 34.3 Å². The second-order valence-electron chi connectivity index (χ2n) is 4.51. The fourth-order valence-corrected chi connectivity index (χ4v) is 2.63. The second kappa shape index (κ2) is 6.07. The van der Waals surface area contributed by atoms with Crippen molar-refractivity contribution >= 4 is 17.6 Å². The quantitative estimate of drug-likeness (QED) is 0.870. The normalized spacial score (nSPS) is 15.8. The Morgan fingerprint density at radius 3 is 2.94 bits per heavy atom. The lowest BCUT2D eigenvalue weighted by Crippen LogP contribution is -2.38. The predicted molar refractivity (Wildman–Crippen MR) is 72.9 cm³/mol. The van der Waals surface area contributed by atoms with Crippen LogP contribution in [0.15, 0.2) is 18.2 Å². The van der Waals surface area contributed by atoms with Crippen molar-refractivity contribution in [2.75, 3.05) is 26.2 Å². The standard InChI is InChI=1S/C13H18ClN3O/c14-12-3-1-2-10-4-7-17(8-5-11(10)12)9-6-16-13(15)18/h1-3H,4-9H2,(H3,15,16,18). The lowest BCUT2D eigenvalue weighted by Gasteiger charge is -2.19. The predicted octanol–water partition coefficient (Wildman–Crippen LogP) is 1.41. The van der Waals surface area contributed by atoms with E-state index in [0.717, 1.165) is 37.5 Å². The van der Waals surface area contributed by atoms with Crippen molar-refractivity contribution in [3.8, 4) is 0 Å². The summed E-state index contributed by atoms with van der Waals surface area (Å²) in [5.74, 6) is 0. The molecule has 1 aromatic rings. The lowest BCUT2D eigenvalue weighted by atomic mass is 10.0. The van der Waals surface area contributed by atoms with Gasteiger partial charge in [-0.15, -0.1) is 0 Å². The van der Waals surface area contributed by atoms with E-state index in [1.807, 2.05) is 12.1 Å². The number of carbonyl (C=O) groups is 1. The molecule has 1 aliphatic heterocycles. The molecule has 2 amide bonds. The van der Waals surface area contributed by atoms with Gasteiger partial charge in [-0.1, -0.05) is 23.7 Å². The average Bonchev–Trinajstić information content (AvgIpc) is 2.53. The monoisotopic (exact) mass is 267 g/mol. The first kappa shape index (κ1) is 13.2. The Bertz CT molecular complexity index is 436. The highest BCUT2D eigenvalue weighted by Gasteiger charge is 2.15. The van der Waals surface area contributed by atoms with Crippen LogP contribution in [0.3, 0.4) is 0 Å². The van der Waals surface area contributed by atoms with Gasteiger partial charge >= 0.3 is 6.03 Å². The third kappa shape index (κ3) is 3.37. The van der Waals surface area contributed by atoms with E-state index < -0.39 is 6.03 Å². The largest absolute Gasteiger partial charge is 0.352 e. The van der Waals surface area contributed by atoms with E-state index in [1.165, 1.54) is 11.1 Å². The Hall–Kier alpha value is -1.26. The minimum absolute atomic E-state index is 0.462. The molecular formula is C13H18ClN3O. The molecule has 0 unspecified atom stereocenters. The molecule has 1 aromatic carbocycles. The zero-order chi connectivity index (χ0) is 13.0. The zero-order valence-electron chi connectivity index (χ0n) is 10.3. The number of primary amides is 1. The van der Waals surface area contributed by atoms with Crippen LogP contribution in [-0.4, -0.2) is 37.1 Å². The van der Waals surface area contributed by atoms with E-state index in [-0.39, 0.29) is 0 Å². The highest BCUT2D eigenvalue weighted by atomic mass is 35.5. The molecule has 0 radical (unpaired) electrons. The number of benzene rings is 1. The van der Waals surface area contributed by atoms with E-state index in [2.05, 4.69) is 16.3 Å². The summed E-state index contributed by atoms with van der Waals surface area (Å²) in [6.45, 7) is 3.39. The second-order valence-corrected chi connectivity index (χ2v) is 4.92. The molecule has 0 saturated heterocycles. The van der Waals surface area contributed by atoms with E-state index in [0.29, 0.717) is 6.54 Å². The Morgan fingerprint density at radius 1 is 1.39 bits per heavy atom. The van der Waals surface area contributed by atoms with Gasteiger partial charge in [0.2, 0.25) is 0 Å². The van der Waals surface area contributed by atoms with Crippen molar-refractivity contribution < 1.29 is 4.79 Å². The molecular weight excluding hydrogens is 250 g/mol. The summed E-state index contributed by atoms with van der Waals surface area (Å²) in [4.78, 5) is 12.9. The maximum atomic E-state index is 10.6. The lowest BCUT2D eigenvalue weighted by molar-refractivity contribution is 0.243. The van der Waals surface area contributed by atoms with Crippen molar-refractivity contribution in [2.24, 2.45) is 5.73 Å². The number of halogens is 1. The third-order valence-electron chi connectivity index (χ3n) is 3.32. The SMILES string of the molecule is NC(=O)NCCN1CCc2cccc(Cl)c2CC1. The summed E-state index contributed by atoms with van der Waals surface area (Å²) < 4.78 is 0. The van der Waals surface area contributed by atoms with Gasteiger partial charge in [-0.2, -0.15) is 0 Å². The van der Waals surface area contributed by atoms with Crippen LogP contribution in [0.2, 0.25) is 5.02 Å². The van der Waals surface area contributed by atoms with E-state index in [9.17, 15) is 4.79 Å². The summed E-state index contributed by atoms with van der Waals surface area (Å²) in [5, 5.41) is 3.48. The van der Waals surface area contributed by atoms with Gasteiger partial charge in [-0.05, 0) is 30.0 Å². The van der Waals surface area contributed by atoms with Crippen LogP contribution < -0.4 is 11.1 Å². The fraction of sp³-hybridized carbons (Fsp3) is 0.462. The molecule has 18 heavy (non-hydrogen) atoms. The summed E-state index contributed by atoms with van der Waals surface area (Å²) in [7, 11) is 0. The molecule has 0 bridgehead atoms. The molecule has 1 aliphatic rings. The average molecular weight is 268 g/mol. The van der Waals surface area contributed by atoms with E-state index in [4.69, 9.17) is 17.3 Å². The molecule has 0 aromatic heterocycles. The number of hydrogen-bond donors (Lipinski definition) is 2. The smallest absolute Gasteiger partial charge is 0.312 e. The first-order chi connectivity index (χ1) is 8.66. The van der Waals surface area contributed by atoms with Crippen LogP contribution in [0, 0.1) is 0 Å². The molecule has 4 nitrogen and oxygen atoms in total. The van der Waals surface area contributed by atoms with Crippen molar-refractivity contribution in [1.29, 1.82) is 0 Å². The molecule has 3 N–H and O–H groups in total. The number of nitrogens with two attached hydrogens (primary N) is 1. The van der Waals surface area contributed by atoms with Gasteiger partial charge in [0, 0.05) is 31.2 Å². The Morgan fingerprint density at radius 2 is 2.17 bits per heavy atom. The third-order valence-corrected chi connectivity index (χ3v) is 3.67. The van der Waals surface area contributed by atoms with Crippen LogP contribution in [0.4, 0.5) is 4.79 Å². The first-order valence-electron chi connectivity index (χ1n) is 6.19. The molecule has 2 rings (SSSR count). The first-order valence-corrected chi connectivity index (χ1v) is 6.56. The topological polar surface area (TPSA) is 58.4 Å².